The minimum absolute atomic E-state index is 0.331. The van der Waals surface area contributed by atoms with Gasteiger partial charge < -0.3 is 4.74 Å². The van der Waals surface area contributed by atoms with Crippen LogP contribution in [-0.2, 0) is 0 Å². The lowest BCUT2D eigenvalue weighted by Crippen LogP contribution is -2.27. The van der Waals surface area contributed by atoms with Gasteiger partial charge in [0.2, 0.25) is 0 Å². The second-order valence-corrected chi connectivity index (χ2v) is 4.54. The molecule has 2 nitrogen and oxygen atoms in total. The van der Waals surface area contributed by atoms with Crippen LogP contribution in [0.25, 0.3) is 0 Å². The standard InChI is InChI=1S/C12H14ClNO/c1-9-4-5-10(13)11(8-9)15-12(2,3)6-7-14/h4-5,8H,6H2,1-3H3. The first-order valence-electron chi connectivity index (χ1n) is 4.77. The first kappa shape index (κ1) is 11.9. The number of hydrogen-bond acceptors (Lipinski definition) is 2. The molecular weight excluding hydrogens is 210 g/mol. The lowest BCUT2D eigenvalue weighted by atomic mass is 10.1. The smallest absolute Gasteiger partial charge is 0.139 e. The fourth-order valence-corrected chi connectivity index (χ4v) is 1.37. The zero-order valence-electron chi connectivity index (χ0n) is 9.17. The molecule has 0 bridgehead atoms. The van der Waals surface area contributed by atoms with Crippen LogP contribution in [0, 0.1) is 18.3 Å². The Morgan fingerprint density at radius 2 is 2.13 bits per heavy atom. The van der Waals surface area contributed by atoms with E-state index in [0.29, 0.717) is 17.2 Å². The van der Waals surface area contributed by atoms with Crippen molar-refractivity contribution in [2.24, 2.45) is 0 Å². The SMILES string of the molecule is Cc1ccc(Cl)c(OC(C)(C)CC#N)c1. The van der Waals surface area contributed by atoms with Crippen molar-refractivity contribution in [2.45, 2.75) is 32.8 Å². The number of rotatable bonds is 3. The molecule has 0 aliphatic carbocycles. The van der Waals surface area contributed by atoms with E-state index in [1.54, 1.807) is 6.07 Å². The summed E-state index contributed by atoms with van der Waals surface area (Å²) < 4.78 is 5.70. The third-order valence-corrected chi connectivity index (χ3v) is 2.29. The Morgan fingerprint density at radius 3 is 2.73 bits per heavy atom. The van der Waals surface area contributed by atoms with Gasteiger partial charge in [0.1, 0.15) is 11.4 Å². The summed E-state index contributed by atoms with van der Waals surface area (Å²) in [4.78, 5) is 0. The average molecular weight is 224 g/mol. The summed E-state index contributed by atoms with van der Waals surface area (Å²) in [5.74, 6) is 0.636. The highest BCUT2D eigenvalue weighted by atomic mass is 35.5. The Kier molecular flexibility index (Phi) is 3.60. The van der Waals surface area contributed by atoms with Crippen molar-refractivity contribution in [2.75, 3.05) is 0 Å². The van der Waals surface area contributed by atoms with Gasteiger partial charge >= 0.3 is 0 Å². The molecule has 3 heteroatoms. The monoisotopic (exact) mass is 223 g/mol. The fourth-order valence-electron chi connectivity index (χ4n) is 1.21. The molecule has 0 unspecified atom stereocenters. The van der Waals surface area contributed by atoms with Crippen LogP contribution in [0.5, 0.6) is 5.75 Å². The molecule has 0 heterocycles. The third-order valence-electron chi connectivity index (χ3n) is 1.98. The summed E-state index contributed by atoms with van der Waals surface area (Å²) in [6.45, 7) is 5.71. The summed E-state index contributed by atoms with van der Waals surface area (Å²) in [7, 11) is 0. The number of ether oxygens (including phenoxy) is 1. The van der Waals surface area contributed by atoms with E-state index in [1.165, 1.54) is 0 Å². The topological polar surface area (TPSA) is 33.0 Å². The largest absolute Gasteiger partial charge is 0.485 e. The van der Waals surface area contributed by atoms with E-state index in [4.69, 9.17) is 21.6 Å². The molecule has 1 rings (SSSR count). The van der Waals surface area contributed by atoms with E-state index in [1.807, 2.05) is 32.9 Å². The minimum Gasteiger partial charge on any atom is -0.485 e. The van der Waals surface area contributed by atoms with Crippen molar-refractivity contribution in [3.63, 3.8) is 0 Å². The molecule has 0 amide bonds. The molecular formula is C12H14ClNO. The van der Waals surface area contributed by atoms with Crippen LogP contribution in [0.4, 0.5) is 0 Å². The lowest BCUT2D eigenvalue weighted by molar-refractivity contribution is 0.115. The maximum atomic E-state index is 8.64. The van der Waals surface area contributed by atoms with Gasteiger partial charge in [0, 0.05) is 0 Å². The molecule has 0 radical (unpaired) electrons. The van der Waals surface area contributed by atoms with Crippen LogP contribution in [0.2, 0.25) is 5.02 Å². The van der Waals surface area contributed by atoms with E-state index in [9.17, 15) is 0 Å². The number of hydrogen-bond donors (Lipinski definition) is 0. The molecule has 0 aliphatic heterocycles. The Balaban J connectivity index is 2.89. The average Bonchev–Trinajstić information content (AvgIpc) is 2.10. The Morgan fingerprint density at radius 1 is 1.47 bits per heavy atom. The molecule has 0 N–H and O–H groups in total. The predicted octanol–water partition coefficient (Wildman–Crippen LogP) is 3.72. The van der Waals surface area contributed by atoms with Gasteiger partial charge in [-0.15, -0.1) is 0 Å². The van der Waals surface area contributed by atoms with Crippen LogP contribution in [0.3, 0.4) is 0 Å². The summed E-state index contributed by atoms with van der Waals surface area (Å²) in [5, 5.41) is 9.22. The third kappa shape index (κ3) is 3.45. The highest BCUT2D eigenvalue weighted by Gasteiger charge is 2.20. The minimum atomic E-state index is -0.508. The molecule has 15 heavy (non-hydrogen) atoms. The van der Waals surface area contributed by atoms with Crippen molar-refractivity contribution in [3.8, 4) is 11.8 Å². The highest BCUT2D eigenvalue weighted by molar-refractivity contribution is 6.32. The molecule has 80 valence electrons. The maximum Gasteiger partial charge on any atom is 0.139 e. The van der Waals surface area contributed by atoms with Crippen LogP contribution in [-0.4, -0.2) is 5.60 Å². The Bertz CT molecular complexity index is 393. The number of benzene rings is 1. The molecule has 0 saturated carbocycles. The van der Waals surface area contributed by atoms with Crippen molar-refractivity contribution in [1.29, 1.82) is 5.26 Å². The Labute approximate surface area is 95.4 Å². The summed E-state index contributed by atoms with van der Waals surface area (Å²) in [6.07, 6.45) is 0.331. The summed E-state index contributed by atoms with van der Waals surface area (Å²) in [5.41, 5.74) is 0.578. The van der Waals surface area contributed by atoms with Crippen LogP contribution >= 0.6 is 11.6 Å². The number of nitrogens with zero attached hydrogens (tertiary/aromatic N) is 1. The highest BCUT2D eigenvalue weighted by Crippen LogP contribution is 2.29. The summed E-state index contributed by atoms with van der Waals surface area (Å²) in [6, 6.07) is 7.69. The molecule has 0 aliphatic rings. The molecule has 1 aromatic rings. The van der Waals surface area contributed by atoms with Gasteiger partial charge in [-0.25, -0.2) is 0 Å². The second-order valence-electron chi connectivity index (χ2n) is 4.13. The van der Waals surface area contributed by atoms with Gasteiger partial charge in [0.25, 0.3) is 0 Å². The fraction of sp³-hybridized carbons (Fsp3) is 0.417. The van der Waals surface area contributed by atoms with Crippen molar-refractivity contribution in [1.82, 2.24) is 0 Å². The van der Waals surface area contributed by atoms with Gasteiger partial charge in [-0.3, -0.25) is 0 Å². The summed E-state index contributed by atoms with van der Waals surface area (Å²) >= 11 is 5.99. The van der Waals surface area contributed by atoms with E-state index in [2.05, 4.69) is 6.07 Å². The number of aryl methyl sites for hydroxylation is 1. The predicted molar refractivity (Wildman–Crippen MR) is 61.1 cm³/mol. The maximum absolute atomic E-state index is 8.64. The number of halogens is 1. The van der Waals surface area contributed by atoms with Gasteiger partial charge in [-0.2, -0.15) is 5.26 Å². The van der Waals surface area contributed by atoms with E-state index in [-0.39, 0.29) is 0 Å². The second kappa shape index (κ2) is 4.55. The normalized spacial score (nSPS) is 10.9. The van der Waals surface area contributed by atoms with Crippen LogP contribution in [0.1, 0.15) is 25.8 Å². The van der Waals surface area contributed by atoms with Gasteiger partial charge in [0.15, 0.2) is 0 Å². The Hall–Kier alpha value is -1.20. The van der Waals surface area contributed by atoms with Crippen molar-refractivity contribution >= 4 is 11.6 Å². The van der Waals surface area contributed by atoms with Gasteiger partial charge in [-0.05, 0) is 38.5 Å². The molecule has 0 aromatic heterocycles. The quantitative estimate of drug-likeness (QED) is 0.783. The first-order chi connectivity index (χ1) is 6.94. The molecule has 1 aromatic carbocycles. The van der Waals surface area contributed by atoms with E-state index >= 15 is 0 Å². The molecule has 0 saturated heterocycles. The lowest BCUT2D eigenvalue weighted by Gasteiger charge is -2.24. The van der Waals surface area contributed by atoms with Crippen molar-refractivity contribution in [3.05, 3.63) is 28.8 Å². The van der Waals surface area contributed by atoms with E-state index < -0.39 is 5.60 Å². The number of nitriles is 1. The van der Waals surface area contributed by atoms with Gasteiger partial charge in [0.05, 0.1) is 17.5 Å². The zero-order valence-corrected chi connectivity index (χ0v) is 9.93. The molecule has 0 spiro atoms. The van der Waals surface area contributed by atoms with E-state index in [0.717, 1.165) is 5.56 Å². The van der Waals surface area contributed by atoms with Crippen molar-refractivity contribution < 1.29 is 4.74 Å². The zero-order chi connectivity index (χ0) is 11.5. The molecule has 0 fully saturated rings. The van der Waals surface area contributed by atoms with Crippen LogP contribution < -0.4 is 4.74 Å². The molecule has 0 atom stereocenters. The first-order valence-corrected chi connectivity index (χ1v) is 5.14. The van der Waals surface area contributed by atoms with Gasteiger partial charge in [-0.1, -0.05) is 17.7 Å². The van der Waals surface area contributed by atoms with Crippen LogP contribution in [0.15, 0.2) is 18.2 Å².